The lowest BCUT2D eigenvalue weighted by Gasteiger charge is -2.41. The molecule has 110 valence electrons. The van der Waals surface area contributed by atoms with Gasteiger partial charge in [0.1, 0.15) is 5.75 Å². The number of nitrogens with zero attached hydrogens (tertiary/aromatic N) is 1. The van der Waals surface area contributed by atoms with Crippen LogP contribution in [-0.4, -0.2) is 18.0 Å². The van der Waals surface area contributed by atoms with Crippen LogP contribution in [0.25, 0.3) is 0 Å². The summed E-state index contributed by atoms with van der Waals surface area (Å²) in [6, 6.07) is 17.2. The van der Waals surface area contributed by atoms with Crippen LogP contribution in [0.5, 0.6) is 5.75 Å². The van der Waals surface area contributed by atoms with E-state index in [9.17, 15) is 0 Å². The van der Waals surface area contributed by atoms with Gasteiger partial charge >= 0.3 is 0 Å². The Balaban J connectivity index is 0.00000132. The molecule has 4 rings (SSSR count). The van der Waals surface area contributed by atoms with Crippen molar-refractivity contribution in [3.63, 3.8) is 0 Å². The summed E-state index contributed by atoms with van der Waals surface area (Å²) in [5.74, 6) is 1.06. The van der Waals surface area contributed by atoms with Crippen LogP contribution in [0, 0.1) is 0 Å². The van der Waals surface area contributed by atoms with Crippen molar-refractivity contribution in [2.24, 2.45) is 0 Å². The molecular weight excluding hydrogens is 282 g/mol. The van der Waals surface area contributed by atoms with Gasteiger partial charge in [0, 0.05) is 25.1 Å². The fraction of sp³-hybridized carbons (Fsp3) is 0.333. The molecule has 0 radical (unpaired) electrons. The second-order valence-corrected chi connectivity index (χ2v) is 5.84. The van der Waals surface area contributed by atoms with Gasteiger partial charge in [0.25, 0.3) is 0 Å². The summed E-state index contributed by atoms with van der Waals surface area (Å²) in [5.41, 5.74) is 3.93. The van der Waals surface area contributed by atoms with Crippen molar-refractivity contribution in [1.82, 2.24) is 4.90 Å². The number of rotatable bonds is 1. The predicted octanol–water partition coefficient (Wildman–Crippen LogP) is 3.77. The SMILES string of the molecule is CCN1Cc2ccccc2C2(Cc3ccccc3O2)C1.Cl. The van der Waals surface area contributed by atoms with E-state index in [0.717, 1.165) is 31.8 Å². The Labute approximate surface area is 132 Å². The van der Waals surface area contributed by atoms with Crippen molar-refractivity contribution < 1.29 is 4.74 Å². The lowest BCUT2D eigenvalue weighted by Crippen LogP contribution is -2.48. The second kappa shape index (κ2) is 5.36. The van der Waals surface area contributed by atoms with Gasteiger partial charge in [-0.15, -0.1) is 12.4 Å². The topological polar surface area (TPSA) is 12.5 Å². The minimum Gasteiger partial charge on any atom is -0.481 e. The fourth-order valence-corrected chi connectivity index (χ4v) is 3.61. The van der Waals surface area contributed by atoms with Gasteiger partial charge in [-0.2, -0.15) is 0 Å². The van der Waals surface area contributed by atoms with Gasteiger partial charge in [0.15, 0.2) is 5.60 Å². The summed E-state index contributed by atoms with van der Waals surface area (Å²) in [4.78, 5) is 2.48. The Bertz CT molecular complexity index is 630. The van der Waals surface area contributed by atoms with Gasteiger partial charge in [-0.05, 0) is 23.7 Å². The van der Waals surface area contributed by atoms with Crippen LogP contribution in [0.15, 0.2) is 48.5 Å². The van der Waals surface area contributed by atoms with Gasteiger partial charge in [-0.3, -0.25) is 4.90 Å². The number of ether oxygens (including phenoxy) is 1. The average Bonchev–Trinajstić information content (AvgIpc) is 2.85. The average molecular weight is 302 g/mol. The molecule has 0 saturated carbocycles. The van der Waals surface area contributed by atoms with Crippen molar-refractivity contribution >= 4 is 12.4 Å². The molecular formula is C18H20ClNO. The number of likely N-dealkylation sites (N-methyl/N-ethyl adjacent to an activating group) is 1. The highest BCUT2D eigenvalue weighted by Crippen LogP contribution is 2.45. The van der Waals surface area contributed by atoms with Gasteiger partial charge in [-0.25, -0.2) is 0 Å². The number of para-hydroxylation sites is 1. The molecule has 2 aliphatic heterocycles. The highest BCUT2D eigenvalue weighted by Gasteiger charge is 2.45. The number of hydrogen-bond donors (Lipinski definition) is 0. The maximum absolute atomic E-state index is 6.45. The van der Waals surface area contributed by atoms with E-state index in [1.165, 1.54) is 16.7 Å². The normalized spacial score (nSPS) is 23.1. The van der Waals surface area contributed by atoms with E-state index < -0.39 is 0 Å². The Morgan fingerprint density at radius 2 is 1.76 bits per heavy atom. The monoisotopic (exact) mass is 301 g/mol. The van der Waals surface area contributed by atoms with Crippen LogP contribution in [-0.2, 0) is 18.6 Å². The van der Waals surface area contributed by atoms with Gasteiger partial charge in [0.2, 0.25) is 0 Å². The lowest BCUT2D eigenvalue weighted by atomic mass is 9.82. The molecule has 0 saturated heterocycles. The van der Waals surface area contributed by atoms with E-state index in [1.807, 2.05) is 0 Å². The summed E-state index contributed by atoms with van der Waals surface area (Å²) < 4.78 is 6.45. The van der Waals surface area contributed by atoms with E-state index in [4.69, 9.17) is 4.74 Å². The summed E-state index contributed by atoms with van der Waals surface area (Å²) in [5, 5.41) is 0. The third kappa shape index (κ3) is 2.23. The third-order valence-corrected chi connectivity index (χ3v) is 4.58. The summed E-state index contributed by atoms with van der Waals surface area (Å²) in [7, 11) is 0. The van der Waals surface area contributed by atoms with Gasteiger partial charge < -0.3 is 4.74 Å². The minimum atomic E-state index is -0.186. The van der Waals surface area contributed by atoms with Crippen molar-refractivity contribution in [3.05, 3.63) is 65.2 Å². The molecule has 0 N–H and O–H groups in total. The molecule has 3 heteroatoms. The first-order valence-electron chi connectivity index (χ1n) is 7.38. The fourth-order valence-electron chi connectivity index (χ4n) is 3.61. The quantitative estimate of drug-likeness (QED) is 0.795. The van der Waals surface area contributed by atoms with Crippen LogP contribution >= 0.6 is 12.4 Å². The zero-order valence-electron chi connectivity index (χ0n) is 12.2. The van der Waals surface area contributed by atoms with E-state index in [2.05, 4.69) is 60.4 Å². The molecule has 1 unspecified atom stereocenters. The van der Waals surface area contributed by atoms with E-state index >= 15 is 0 Å². The molecule has 1 spiro atoms. The molecule has 2 aromatic rings. The second-order valence-electron chi connectivity index (χ2n) is 5.84. The molecule has 21 heavy (non-hydrogen) atoms. The molecule has 0 aromatic heterocycles. The smallest absolute Gasteiger partial charge is 0.151 e. The van der Waals surface area contributed by atoms with Crippen molar-refractivity contribution in [2.45, 2.75) is 25.5 Å². The predicted molar refractivity (Wildman–Crippen MR) is 87.1 cm³/mol. The molecule has 2 aromatic carbocycles. The Kier molecular flexibility index (Phi) is 3.68. The van der Waals surface area contributed by atoms with Crippen LogP contribution in [0.4, 0.5) is 0 Å². The molecule has 0 aliphatic carbocycles. The molecule has 0 fully saturated rings. The van der Waals surface area contributed by atoms with Gasteiger partial charge in [0.05, 0.1) is 0 Å². The van der Waals surface area contributed by atoms with E-state index in [-0.39, 0.29) is 18.0 Å². The summed E-state index contributed by atoms with van der Waals surface area (Å²) in [6.07, 6.45) is 0.983. The van der Waals surface area contributed by atoms with Crippen molar-refractivity contribution in [3.8, 4) is 5.75 Å². The number of fused-ring (bicyclic) bond motifs is 3. The van der Waals surface area contributed by atoms with E-state index in [1.54, 1.807) is 0 Å². The first kappa shape index (κ1) is 14.4. The van der Waals surface area contributed by atoms with Gasteiger partial charge in [-0.1, -0.05) is 49.4 Å². The largest absolute Gasteiger partial charge is 0.481 e. The van der Waals surface area contributed by atoms with Crippen LogP contribution < -0.4 is 4.74 Å². The number of halogens is 1. The highest BCUT2D eigenvalue weighted by atomic mass is 35.5. The van der Waals surface area contributed by atoms with Crippen LogP contribution in [0.2, 0.25) is 0 Å². The minimum absolute atomic E-state index is 0. The maximum atomic E-state index is 6.45. The van der Waals surface area contributed by atoms with Crippen LogP contribution in [0.3, 0.4) is 0 Å². The molecule has 2 heterocycles. The third-order valence-electron chi connectivity index (χ3n) is 4.58. The molecule has 2 nitrogen and oxygen atoms in total. The zero-order valence-corrected chi connectivity index (χ0v) is 13.0. The number of hydrogen-bond acceptors (Lipinski definition) is 2. The summed E-state index contributed by atoms with van der Waals surface area (Å²) >= 11 is 0. The first-order chi connectivity index (χ1) is 9.81. The maximum Gasteiger partial charge on any atom is 0.151 e. The zero-order chi connectivity index (χ0) is 13.6. The Morgan fingerprint density at radius 3 is 2.52 bits per heavy atom. The molecule has 2 aliphatic rings. The Hall–Kier alpha value is -1.51. The summed E-state index contributed by atoms with van der Waals surface area (Å²) in [6.45, 7) is 5.31. The van der Waals surface area contributed by atoms with Crippen molar-refractivity contribution in [2.75, 3.05) is 13.1 Å². The number of benzene rings is 2. The van der Waals surface area contributed by atoms with E-state index in [0.29, 0.717) is 0 Å². The standard InChI is InChI=1S/C18H19NO.ClH/c1-2-19-12-15-8-3-5-9-16(15)18(13-19)11-14-7-4-6-10-17(14)20-18;/h3-10H,2,11-13H2,1H3;1H. The van der Waals surface area contributed by atoms with Crippen LogP contribution in [0.1, 0.15) is 23.6 Å². The molecule has 1 atom stereocenters. The molecule has 0 bridgehead atoms. The first-order valence-corrected chi connectivity index (χ1v) is 7.38. The molecule has 0 amide bonds. The highest BCUT2D eigenvalue weighted by molar-refractivity contribution is 5.85. The lowest BCUT2D eigenvalue weighted by molar-refractivity contribution is 0.0278. The van der Waals surface area contributed by atoms with Crippen molar-refractivity contribution in [1.29, 1.82) is 0 Å². The Morgan fingerprint density at radius 1 is 1.05 bits per heavy atom.